The predicted octanol–water partition coefficient (Wildman–Crippen LogP) is 4.85. The molecule has 0 saturated carbocycles. The average molecular weight is 468 g/mol. The van der Waals surface area contributed by atoms with Crippen LogP contribution in [-0.4, -0.2) is 55.6 Å². The van der Waals surface area contributed by atoms with Crippen LogP contribution in [0.5, 0.6) is 0 Å². The molecule has 7 nitrogen and oxygen atoms in total. The quantitative estimate of drug-likeness (QED) is 0.339. The normalized spacial score (nSPS) is 13.3. The summed E-state index contributed by atoms with van der Waals surface area (Å²) in [5.41, 5.74) is 3.68. The lowest BCUT2D eigenvalue weighted by Gasteiger charge is -2.23. The van der Waals surface area contributed by atoms with Crippen LogP contribution in [0.4, 0.5) is 0 Å². The third-order valence-electron chi connectivity index (χ3n) is 5.92. The number of hydrogen-bond acceptors (Lipinski definition) is 6. The first-order chi connectivity index (χ1) is 15.6. The highest BCUT2D eigenvalue weighted by molar-refractivity contribution is 8.00. The molecule has 0 radical (unpaired) electrons. The van der Waals surface area contributed by atoms with Gasteiger partial charge in [-0.3, -0.25) is 14.5 Å². The summed E-state index contributed by atoms with van der Waals surface area (Å²) in [7, 11) is 4.08. The monoisotopic (exact) mass is 467 g/mol. The van der Waals surface area contributed by atoms with Crippen LogP contribution >= 0.6 is 11.8 Å². The molecular weight excluding hydrogens is 434 g/mol. The van der Waals surface area contributed by atoms with E-state index < -0.39 is 5.25 Å². The van der Waals surface area contributed by atoms with Crippen molar-refractivity contribution in [2.45, 2.75) is 64.0 Å². The van der Waals surface area contributed by atoms with Crippen molar-refractivity contribution in [1.29, 1.82) is 0 Å². The fourth-order valence-corrected chi connectivity index (χ4v) is 5.18. The van der Waals surface area contributed by atoms with Crippen LogP contribution in [0, 0.1) is 13.8 Å². The highest BCUT2D eigenvalue weighted by Gasteiger charge is 2.28. The minimum Gasteiger partial charge on any atom is -0.355 e. The molecule has 0 aliphatic carbocycles. The van der Waals surface area contributed by atoms with Gasteiger partial charge in [0.2, 0.25) is 0 Å². The van der Waals surface area contributed by atoms with E-state index >= 15 is 0 Å². The van der Waals surface area contributed by atoms with E-state index in [0.29, 0.717) is 28.5 Å². The van der Waals surface area contributed by atoms with Gasteiger partial charge in [-0.2, -0.15) is 0 Å². The summed E-state index contributed by atoms with van der Waals surface area (Å²) in [6.45, 7) is 9.82. The highest BCUT2D eigenvalue weighted by Crippen LogP contribution is 2.30. The van der Waals surface area contributed by atoms with Gasteiger partial charge in [-0.05, 0) is 59.3 Å². The van der Waals surface area contributed by atoms with Crippen LogP contribution in [0.1, 0.15) is 76.7 Å². The maximum Gasteiger partial charge on any atom is 0.192 e. The lowest BCUT2D eigenvalue weighted by Crippen LogP contribution is -2.24. The van der Waals surface area contributed by atoms with E-state index in [2.05, 4.69) is 43.7 Å². The Kier molecular flexibility index (Phi) is 7.92. The van der Waals surface area contributed by atoms with Gasteiger partial charge in [-0.25, -0.2) is 0 Å². The molecule has 0 unspecified atom stereocenters. The molecule has 3 rings (SSSR count). The molecule has 33 heavy (non-hydrogen) atoms. The van der Waals surface area contributed by atoms with Gasteiger partial charge in [0.1, 0.15) is 0 Å². The van der Waals surface area contributed by atoms with Gasteiger partial charge in [-0.1, -0.05) is 49.0 Å². The van der Waals surface area contributed by atoms with Crippen LogP contribution in [0.25, 0.3) is 0 Å². The molecule has 0 bridgehead atoms. The van der Waals surface area contributed by atoms with Crippen LogP contribution in [0.15, 0.2) is 35.5 Å². The molecule has 0 amide bonds. The Bertz CT molecular complexity index is 1130. The van der Waals surface area contributed by atoms with Crippen LogP contribution in [0.3, 0.4) is 0 Å². The molecule has 176 valence electrons. The predicted molar refractivity (Wildman–Crippen MR) is 132 cm³/mol. The zero-order valence-corrected chi connectivity index (χ0v) is 21.3. The van der Waals surface area contributed by atoms with Gasteiger partial charge in [0.05, 0.1) is 23.5 Å². The van der Waals surface area contributed by atoms with Crippen LogP contribution < -0.4 is 0 Å². The van der Waals surface area contributed by atoms with E-state index in [4.69, 9.17) is 0 Å². The number of aryl methyl sites for hydroxylation is 1. The summed E-state index contributed by atoms with van der Waals surface area (Å²) in [6, 6.07) is 10.3. The van der Waals surface area contributed by atoms with E-state index in [1.807, 2.05) is 53.1 Å². The third-order valence-corrected chi connectivity index (χ3v) is 7.00. The number of ketones is 2. The van der Waals surface area contributed by atoms with Gasteiger partial charge in [0, 0.05) is 11.3 Å². The number of benzene rings is 1. The molecule has 0 fully saturated rings. The number of nitrogens with zero attached hydrogens (tertiary/aromatic N) is 4. The molecule has 0 aliphatic rings. The first kappa shape index (κ1) is 24.9. The average Bonchev–Trinajstić information content (AvgIpc) is 3.28. The Morgan fingerprint density at radius 2 is 1.82 bits per heavy atom. The summed E-state index contributed by atoms with van der Waals surface area (Å²) in [4.78, 5) is 30.6. The molecule has 2 aromatic heterocycles. The number of Topliss-reactive ketones (excluding diaryl/α,β-unsaturated/α-hetero) is 2. The maximum absolute atomic E-state index is 13.3. The van der Waals surface area contributed by atoms with Crippen molar-refractivity contribution in [2.24, 2.45) is 0 Å². The number of nitrogens with one attached hydrogen (secondary N) is 1. The number of aromatic amines is 1. The standard InChI is InChI=1S/C25H33N5O2S/c1-8-20(29(6)7)24-27-28-25(30(24)14-19-12-10-9-11-13-19)33-18(5)23(32)22-15(2)21(17(4)31)16(3)26-22/h9-13,18,20,26H,8,14H2,1-7H3/t18-,20+/m1/s1. The van der Waals surface area contributed by atoms with Gasteiger partial charge in [0.15, 0.2) is 22.5 Å². The van der Waals surface area contributed by atoms with Gasteiger partial charge >= 0.3 is 0 Å². The SMILES string of the molecule is CC[C@@H](c1nnc(S[C@H](C)C(=O)c2[nH]c(C)c(C(C)=O)c2C)n1Cc1ccccc1)N(C)C. The second-order valence-electron chi connectivity index (χ2n) is 8.61. The molecule has 0 spiro atoms. The fraction of sp³-hybridized carbons (Fsp3) is 0.440. The second-order valence-corrected chi connectivity index (χ2v) is 9.91. The molecular formula is C25H33N5O2S. The number of thioether (sulfide) groups is 1. The van der Waals surface area contributed by atoms with E-state index in [9.17, 15) is 9.59 Å². The Hall–Kier alpha value is -2.71. The topological polar surface area (TPSA) is 83.9 Å². The minimum atomic E-state index is -0.396. The summed E-state index contributed by atoms with van der Waals surface area (Å²) < 4.78 is 2.12. The van der Waals surface area contributed by atoms with Crippen molar-refractivity contribution in [3.63, 3.8) is 0 Å². The molecule has 0 aliphatic heterocycles. The van der Waals surface area contributed by atoms with Gasteiger partial charge in [-0.15, -0.1) is 10.2 Å². The Morgan fingerprint density at radius 3 is 2.36 bits per heavy atom. The fourth-order valence-electron chi connectivity index (χ4n) is 4.27. The van der Waals surface area contributed by atoms with Crippen LogP contribution in [0.2, 0.25) is 0 Å². The Morgan fingerprint density at radius 1 is 1.15 bits per heavy atom. The van der Waals surface area contributed by atoms with Crippen molar-refractivity contribution in [3.8, 4) is 0 Å². The van der Waals surface area contributed by atoms with E-state index in [0.717, 1.165) is 23.5 Å². The van der Waals surface area contributed by atoms with Gasteiger partial charge < -0.3 is 9.55 Å². The number of H-pyrrole nitrogens is 1. The van der Waals surface area contributed by atoms with Crippen molar-refractivity contribution in [2.75, 3.05) is 14.1 Å². The van der Waals surface area contributed by atoms with Crippen molar-refractivity contribution >= 4 is 23.3 Å². The number of aromatic nitrogens is 4. The van der Waals surface area contributed by atoms with Crippen molar-refractivity contribution in [1.82, 2.24) is 24.6 Å². The first-order valence-corrected chi connectivity index (χ1v) is 12.1. The highest BCUT2D eigenvalue weighted by atomic mass is 32.2. The molecule has 8 heteroatoms. The smallest absolute Gasteiger partial charge is 0.192 e. The molecule has 2 atom stereocenters. The minimum absolute atomic E-state index is 0.0397. The third kappa shape index (κ3) is 5.28. The number of carbonyl (C=O) groups excluding carboxylic acids is 2. The Labute approximate surface area is 200 Å². The summed E-state index contributed by atoms with van der Waals surface area (Å²) in [5.74, 6) is 0.796. The number of carbonyl (C=O) groups is 2. The molecule has 1 aromatic carbocycles. The lowest BCUT2D eigenvalue weighted by atomic mass is 10.0. The molecule has 2 heterocycles. The molecule has 0 saturated heterocycles. The summed E-state index contributed by atoms with van der Waals surface area (Å²) in [5, 5.41) is 9.34. The zero-order valence-electron chi connectivity index (χ0n) is 20.5. The van der Waals surface area contributed by atoms with Gasteiger partial charge in [0.25, 0.3) is 0 Å². The maximum atomic E-state index is 13.3. The van der Waals surface area contributed by atoms with E-state index in [1.165, 1.54) is 18.7 Å². The van der Waals surface area contributed by atoms with Crippen molar-refractivity contribution < 1.29 is 9.59 Å². The summed E-state index contributed by atoms with van der Waals surface area (Å²) >= 11 is 1.40. The first-order valence-electron chi connectivity index (χ1n) is 11.2. The zero-order chi connectivity index (χ0) is 24.3. The lowest BCUT2D eigenvalue weighted by molar-refractivity contribution is 0.0988. The van der Waals surface area contributed by atoms with Crippen molar-refractivity contribution in [3.05, 3.63) is 64.2 Å². The molecule has 3 aromatic rings. The van der Waals surface area contributed by atoms with E-state index in [1.54, 1.807) is 0 Å². The van der Waals surface area contributed by atoms with E-state index in [-0.39, 0.29) is 17.6 Å². The number of hydrogen-bond donors (Lipinski definition) is 1. The molecule has 1 N–H and O–H groups in total. The Balaban J connectivity index is 1.94. The van der Waals surface area contributed by atoms with Crippen LogP contribution in [-0.2, 0) is 6.54 Å². The summed E-state index contributed by atoms with van der Waals surface area (Å²) in [6.07, 6.45) is 0.897. The largest absolute Gasteiger partial charge is 0.355 e. The number of rotatable bonds is 10. The second kappa shape index (κ2) is 10.5.